The second-order valence-corrected chi connectivity index (χ2v) is 8.35. The number of amides is 1. The average molecular weight is 380 g/mol. The fourth-order valence-electron chi connectivity index (χ4n) is 4.49. The zero-order valence-corrected chi connectivity index (χ0v) is 16.8. The lowest BCUT2D eigenvalue weighted by atomic mass is 9.76. The molecule has 1 saturated heterocycles. The zero-order valence-electron chi connectivity index (χ0n) is 16.8. The van der Waals surface area contributed by atoms with Crippen LogP contribution < -0.4 is 4.74 Å². The predicted molar refractivity (Wildman–Crippen MR) is 109 cm³/mol. The highest BCUT2D eigenvalue weighted by molar-refractivity contribution is 5.76. The lowest BCUT2D eigenvalue weighted by Crippen LogP contribution is -2.50. The highest BCUT2D eigenvalue weighted by Gasteiger charge is 2.43. The van der Waals surface area contributed by atoms with Gasteiger partial charge in [0, 0.05) is 58.5 Å². The standard InChI is InChI=1S/C23H29N3O2/c1-25(2)22(27)14-19-15-23(28-21-8-4-3-7-20(19)21)9-12-26(13-10-23)17-18-6-5-11-24-16-18/h3-8,11,16,19H,9-10,12-15,17H2,1-2H3/t19-/m1/s1. The summed E-state index contributed by atoms with van der Waals surface area (Å²) in [6, 6.07) is 12.4. The molecular formula is C23H29N3O2. The molecule has 0 saturated carbocycles. The van der Waals surface area contributed by atoms with E-state index in [0.717, 1.165) is 44.6 Å². The molecule has 2 aliphatic heterocycles. The molecule has 1 spiro atoms. The van der Waals surface area contributed by atoms with Gasteiger partial charge in [0.25, 0.3) is 0 Å². The third kappa shape index (κ3) is 4.04. The van der Waals surface area contributed by atoms with Crippen molar-refractivity contribution in [2.45, 2.75) is 43.7 Å². The van der Waals surface area contributed by atoms with E-state index in [1.807, 2.05) is 44.7 Å². The topological polar surface area (TPSA) is 45.7 Å². The highest BCUT2D eigenvalue weighted by atomic mass is 16.5. The minimum absolute atomic E-state index is 0.156. The number of piperidine rings is 1. The van der Waals surface area contributed by atoms with E-state index in [-0.39, 0.29) is 17.4 Å². The van der Waals surface area contributed by atoms with Gasteiger partial charge in [-0.3, -0.25) is 14.7 Å². The minimum atomic E-state index is -0.156. The second kappa shape index (κ2) is 7.92. The number of hydrogen-bond acceptors (Lipinski definition) is 4. The molecule has 3 heterocycles. The van der Waals surface area contributed by atoms with Gasteiger partial charge in [-0.2, -0.15) is 0 Å². The fraction of sp³-hybridized carbons (Fsp3) is 0.478. The number of likely N-dealkylation sites (tertiary alicyclic amines) is 1. The van der Waals surface area contributed by atoms with Gasteiger partial charge in [0.05, 0.1) is 0 Å². The number of aromatic nitrogens is 1. The molecule has 0 unspecified atom stereocenters. The molecule has 0 N–H and O–H groups in total. The summed E-state index contributed by atoms with van der Waals surface area (Å²) in [5, 5.41) is 0. The van der Waals surface area contributed by atoms with Crippen LogP contribution in [0.5, 0.6) is 5.75 Å². The first-order chi connectivity index (χ1) is 13.5. The van der Waals surface area contributed by atoms with E-state index in [1.54, 1.807) is 4.90 Å². The molecule has 1 atom stereocenters. The number of ether oxygens (including phenoxy) is 1. The normalized spacial score (nSPS) is 21.0. The van der Waals surface area contributed by atoms with Crippen molar-refractivity contribution in [3.05, 3.63) is 59.9 Å². The SMILES string of the molecule is CN(C)C(=O)C[C@@H]1CC2(CCN(Cc3cccnc3)CC2)Oc2ccccc21. The first-order valence-corrected chi connectivity index (χ1v) is 10.1. The molecule has 1 aromatic carbocycles. The van der Waals surface area contributed by atoms with E-state index in [4.69, 9.17) is 4.74 Å². The first-order valence-electron chi connectivity index (χ1n) is 10.1. The number of para-hydroxylation sites is 1. The molecule has 5 nitrogen and oxygen atoms in total. The third-order valence-electron chi connectivity index (χ3n) is 6.12. The molecule has 0 radical (unpaired) electrons. The number of hydrogen-bond donors (Lipinski definition) is 0. The molecule has 2 aromatic rings. The quantitative estimate of drug-likeness (QED) is 0.816. The molecule has 148 valence electrons. The summed E-state index contributed by atoms with van der Waals surface area (Å²) in [5.41, 5.74) is 2.28. The van der Waals surface area contributed by atoms with Gasteiger partial charge in [0.2, 0.25) is 5.91 Å². The van der Waals surface area contributed by atoms with Crippen molar-refractivity contribution < 1.29 is 9.53 Å². The number of rotatable bonds is 4. The Bertz CT molecular complexity index is 814. The van der Waals surface area contributed by atoms with Crippen molar-refractivity contribution in [3.8, 4) is 5.75 Å². The Balaban J connectivity index is 1.47. The molecule has 1 aromatic heterocycles. The van der Waals surface area contributed by atoms with Crippen molar-refractivity contribution in [3.63, 3.8) is 0 Å². The highest BCUT2D eigenvalue weighted by Crippen LogP contribution is 2.46. The summed E-state index contributed by atoms with van der Waals surface area (Å²) < 4.78 is 6.57. The lowest BCUT2D eigenvalue weighted by Gasteiger charge is -2.47. The maximum Gasteiger partial charge on any atom is 0.222 e. The third-order valence-corrected chi connectivity index (χ3v) is 6.12. The fourth-order valence-corrected chi connectivity index (χ4v) is 4.49. The van der Waals surface area contributed by atoms with Gasteiger partial charge in [0.1, 0.15) is 11.4 Å². The van der Waals surface area contributed by atoms with Crippen LogP contribution in [0.1, 0.15) is 42.7 Å². The van der Waals surface area contributed by atoms with Crippen LogP contribution in [0.3, 0.4) is 0 Å². The molecule has 1 amide bonds. The van der Waals surface area contributed by atoms with E-state index in [1.165, 1.54) is 11.1 Å². The number of pyridine rings is 1. The van der Waals surface area contributed by atoms with Gasteiger partial charge in [-0.25, -0.2) is 0 Å². The Morgan fingerprint density at radius 1 is 1.21 bits per heavy atom. The Morgan fingerprint density at radius 3 is 2.71 bits per heavy atom. The van der Waals surface area contributed by atoms with Gasteiger partial charge in [-0.05, 0) is 42.5 Å². The van der Waals surface area contributed by atoms with Crippen molar-refractivity contribution in [2.75, 3.05) is 27.2 Å². The van der Waals surface area contributed by atoms with Gasteiger partial charge in [0.15, 0.2) is 0 Å². The first kappa shape index (κ1) is 18.9. The molecular weight excluding hydrogens is 350 g/mol. The van der Waals surface area contributed by atoms with Crippen LogP contribution in [0, 0.1) is 0 Å². The maximum atomic E-state index is 12.4. The van der Waals surface area contributed by atoms with E-state index < -0.39 is 0 Å². The summed E-state index contributed by atoms with van der Waals surface area (Å²) in [4.78, 5) is 20.8. The van der Waals surface area contributed by atoms with Crippen LogP contribution >= 0.6 is 0 Å². The number of carbonyl (C=O) groups excluding carboxylic acids is 1. The van der Waals surface area contributed by atoms with Crippen LogP contribution in [-0.4, -0.2) is 53.5 Å². The van der Waals surface area contributed by atoms with Crippen molar-refractivity contribution in [2.24, 2.45) is 0 Å². The van der Waals surface area contributed by atoms with E-state index in [2.05, 4.69) is 28.1 Å². The molecule has 28 heavy (non-hydrogen) atoms. The monoisotopic (exact) mass is 379 g/mol. The average Bonchev–Trinajstić information content (AvgIpc) is 2.70. The smallest absolute Gasteiger partial charge is 0.222 e. The zero-order chi connectivity index (χ0) is 19.6. The molecule has 2 aliphatic rings. The Labute approximate surface area is 167 Å². The minimum Gasteiger partial charge on any atom is -0.487 e. The maximum absolute atomic E-state index is 12.4. The summed E-state index contributed by atoms with van der Waals surface area (Å²) >= 11 is 0. The molecule has 5 heteroatoms. The Hall–Kier alpha value is -2.40. The molecule has 0 aliphatic carbocycles. The number of fused-ring (bicyclic) bond motifs is 1. The Morgan fingerprint density at radius 2 is 2.00 bits per heavy atom. The lowest BCUT2D eigenvalue weighted by molar-refractivity contribution is -0.129. The summed E-state index contributed by atoms with van der Waals surface area (Å²) in [6.07, 6.45) is 7.22. The molecule has 4 rings (SSSR count). The molecule has 1 fully saturated rings. The van der Waals surface area contributed by atoms with Crippen molar-refractivity contribution in [1.29, 1.82) is 0 Å². The predicted octanol–water partition coefficient (Wildman–Crippen LogP) is 3.46. The van der Waals surface area contributed by atoms with Gasteiger partial charge < -0.3 is 9.64 Å². The largest absolute Gasteiger partial charge is 0.487 e. The van der Waals surface area contributed by atoms with Gasteiger partial charge in [-0.1, -0.05) is 24.3 Å². The van der Waals surface area contributed by atoms with Gasteiger partial charge in [-0.15, -0.1) is 0 Å². The van der Waals surface area contributed by atoms with E-state index >= 15 is 0 Å². The number of benzene rings is 1. The summed E-state index contributed by atoms with van der Waals surface area (Å²) in [5.74, 6) is 1.38. The summed E-state index contributed by atoms with van der Waals surface area (Å²) in [6.45, 7) is 2.94. The van der Waals surface area contributed by atoms with Crippen molar-refractivity contribution >= 4 is 5.91 Å². The Kier molecular flexibility index (Phi) is 5.36. The van der Waals surface area contributed by atoms with Crippen LogP contribution in [0.4, 0.5) is 0 Å². The van der Waals surface area contributed by atoms with Crippen molar-refractivity contribution in [1.82, 2.24) is 14.8 Å². The second-order valence-electron chi connectivity index (χ2n) is 8.35. The summed E-state index contributed by atoms with van der Waals surface area (Å²) in [7, 11) is 3.67. The molecule has 0 bridgehead atoms. The van der Waals surface area contributed by atoms with E-state index in [0.29, 0.717) is 6.42 Å². The number of nitrogens with zero attached hydrogens (tertiary/aromatic N) is 3. The van der Waals surface area contributed by atoms with Crippen LogP contribution in [-0.2, 0) is 11.3 Å². The van der Waals surface area contributed by atoms with Crippen LogP contribution in [0.2, 0.25) is 0 Å². The number of carbonyl (C=O) groups is 1. The van der Waals surface area contributed by atoms with Gasteiger partial charge >= 0.3 is 0 Å². The van der Waals surface area contributed by atoms with Crippen LogP contribution in [0.25, 0.3) is 0 Å². The van der Waals surface area contributed by atoms with E-state index in [9.17, 15) is 4.79 Å². The van der Waals surface area contributed by atoms with Crippen LogP contribution in [0.15, 0.2) is 48.8 Å².